The van der Waals surface area contributed by atoms with Crippen molar-refractivity contribution in [2.75, 3.05) is 25.6 Å². The molecular formula is C25H31NO3. The van der Waals surface area contributed by atoms with Gasteiger partial charge in [-0.05, 0) is 91.1 Å². The van der Waals surface area contributed by atoms with Crippen molar-refractivity contribution in [1.29, 1.82) is 0 Å². The number of carboxylic acid groups (broad SMARTS) is 1. The second kappa shape index (κ2) is 9.17. The summed E-state index contributed by atoms with van der Waals surface area (Å²) in [6, 6.07) is 12.7. The molecular weight excluding hydrogens is 362 g/mol. The van der Waals surface area contributed by atoms with Gasteiger partial charge in [-0.25, -0.2) is 0 Å². The lowest BCUT2D eigenvalue weighted by Crippen LogP contribution is -2.08. The number of anilines is 1. The minimum absolute atomic E-state index is 0.155. The maximum Gasteiger partial charge on any atom is 0.303 e. The predicted octanol–water partition coefficient (Wildman–Crippen LogP) is 5.40. The smallest absolute Gasteiger partial charge is 0.303 e. The van der Waals surface area contributed by atoms with Gasteiger partial charge in [0.15, 0.2) is 0 Å². The first-order chi connectivity index (χ1) is 13.9. The van der Waals surface area contributed by atoms with Crippen LogP contribution in [-0.4, -0.2) is 31.8 Å². The normalized spacial score (nSPS) is 13.7. The number of ether oxygens (including phenoxy) is 1. The van der Waals surface area contributed by atoms with Crippen LogP contribution in [0.25, 0.3) is 5.57 Å². The van der Waals surface area contributed by atoms with Crippen molar-refractivity contribution in [2.24, 2.45) is 0 Å². The van der Waals surface area contributed by atoms with Crippen molar-refractivity contribution in [3.8, 4) is 5.75 Å². The number of allylic oxidation sites excluding steroid dienone is 1. The van der Waals surface area contributed by atoms with E-state index < -0.39 is 5.97 Å². The van der Waals surface area contributed by atoms with E-state index in [1.165, 1.54) is 28.8 Å². The Balaban J connectivity index is 1.76. The first kappa shape index (κ1) is 21.0. The fourth-order valence-corrected chi connectivity index (χ4v) is 3.97. The number of benzene rings is 2. The monoisotopic (exact) mass is 393 g/mol. The molecule has 1 aliphatic rings. The van der Waals surface area contributed by atoms with Crippen LogP contribution >= 0.6 is 0 Å². The van der Waals surface area contributed by atoms with Crippen LogP contribution in [0.4, 0.5) is 5.69 Å². The zero-order valence-corrected chi connectivity index (χ0v) is 17.9. The molecule has 0 spiro atoms. The fraction of sp³-hybridized carbons (Fsp3) is 0.400. The molecule has 4 heteroatoms. The summed E-state index contributed by atoms with van der Waals surface area (Å²) >= 11 is 0. The molecule has 2 aromatic carbocycles. The van der Waals surface area contributed by atoms with Crippen LogP contribution in [0.5, 0.6) is 5.75 Å². The van der Waals surface area contributed by atoms with Gasteiger partial charge in [0.1, 0.15) is 12.4 Å². The summed E-state index contributed by atoms with van der Waals surface area (Å²) in [5.74, 6) is 0.129. The summed E-state index contributed by atoms with van der Waals surface area (Å²) < 4.78 is 6.23. The van der Waals surface area contributed by atoms with E-state index in [1.807, 2.05) is 19.1 Å². The maximum atomic E-state index is 10.9. The van der Waals surface area contributed by atoms with Crippen LogP contribution < -0.4 is 9.64 Å². The summed E-state index contributed by atoms with van der Waals surface area (Å²) in [5.41, 5.74) is 8.62. The van der Waals surface area contributed by atoms with Crippen molar-refractivity contribution in [2.45, 2.75) is 46.0 Å². The molecule has 2 aromatic rings. The highest BCUT2D eigenvalue weighted by Gasteiger charge is 2.18. The number of carbonyl (C=O) groups is 1. The molecule has 0 saturated carbocycles. The summed E-state index contributed by atoms with van der Waals surface area (Å²) in [5, 5.41) is 8.93. The Morgan fingerprint density at radius 2 is 1.90 bits per heavy atom. The molecule has 0 radical (unpaired) electrons. The molecule has 0 unspecified atom stereocenters. The van der Waals surface area contributed by atoms with Crippen LogP contribution in [0.2, 0.25) is 0 Å². The van der Waals surface area contributed by atoms with Gasteiger partial charge in [-0.2, -0.15) is 0 Å². The van der Waals surface area contributed by atoms with E-state index in [1.54, 1.807) is 0 Å². The lowest BCUT2D eigenvalue weighted by atomic mass is 9.98. The maximum absolute atomic E-state index is 10.9. The zero-order chi connectivity index (χ0) is 21.0. The van der Waals surface area contributed by atoms with E-state index in [2.05, 4.69) is 50.2 Å². The number of hydrogen-bond acceptors (Lipinski definition) is 3. The van der Waals surface area contributed by atoms with Gasteiger partial charge in [0.05, 0.1) is 0 Å². The molecule has 0 aromatic heterocycles. The van der Waals surface area contributed by atoms with Crippen molar-refractivity contribution in [3.05, 3.63) is 64.2 Å². The van der Waals surface area contributed by atoms with E-state index >= 15 is 0 Å². The summed E-state index contributed by atoms with van der Waals surface area (Å²) in [6.45, 7) is 4.71. The van der Waals surface area contributed by atoms with Crippen molar-refractivity contribution >= 4 is 17.2 Å². The quantitative estimate of drug-likeness (QED) is 0.652. The molecule has 0 bridgehead atoms. The summed E-state index contributed by atoms with van der Waals surface area (Å²) in [4.78, 5) is 13.0. The average molecular weight is 394 g/mol. The van der Waals surface area contributed by atoms with Gasteiger partial charge >= 0.3 is 5.97 Å². The Hall–Kier alpha value is -2.75. The highest BCUT2D eigenvalue weighted by molar-refractivity contribution is 5.73. The number of aliphatic carboxylic acids is 1. The van der Waals surface area contributed by atoms with E-state index in [-0.39, 0.29) is 6.42 Å². The second-order valence-corrected chi connectivity index (χ2v) is 8.04. The molecule has 154 valence electrons. The topological polar surface area (TPSA) is 49.8 Å². The highest BCUT2D eigenvalue weighted by Crippen LogP contribution is 2.36. The zero-order valence-electron chi connectivity index (χ0n) is 17.9. The van der Waals surface area contributed by atoms with Gasteiger partial charge < -0.3 is 14.7 Å². The highest BCUT2D eigenvalue weighted by atomic mass is 16.5. The standard InChI is InChI=1S/C25H31NO3/c1-17-18(2)24(13-11-19(17)12-14-25(27)28)29-16-21-8-6-10-23(21)20-7-5-9-22(15-20)26(3)4/h5,7,9,11,13,15H,6,8,10,12,14,16H2,1-4H3,(H,27,28). The molecule has 0 atom stereocenters. The molecule has 4 nitrogen and oxygen atoms in total. The predicted molar refractivity (Wildman–Crippen MR) is 119 cm³/mol. The molecule has 0 saturated heterocycles. The Bertz CT molecular complexity index is 928. The lowest BCUT2D eigenvalue weighted by Gasteiger charge is -2.17. The first-order valence-electron chi connectivity index (χ1n) is 10.3. The molecule has 0 fully saturated rings. The van der Waals surface area contributed by atoms with Gasteiger partial charge in [-0.15, -0.1) is 0 Å². The second-order valence-electron chi connectivity index (χ2n) is 8.04. The molecule has 0 amide bonds. The van der Waals surface area contributed by atoms with Gasteiger partial charge in [-0.1, -0.05) is 18.2 Å². The molecule has 0 heterocycles. The SMILES string of the molecule is Cc1c(CCC(=O)O)ccc(OCC2=C(c3cccc(N(C)C)c3)CCC2)c1C. The summed E-state index contributed by atoms with van der Waals surface area (Å²) in [6.07, 6.45) is 4.06. The van der Waals surface area contributed by atoms with Crippen molar-refractivity contribution < 1.29 is 14.6 Å². The van der Waals surface area contributed by atoms with Crippen LogP contribution in [-0.2, 0) is 11.2 Å². The molecule has 0 aliphatic heterocycles. The van der Waals surface area contributed by atoms with Crippen LogP contribution in [0.1, 0.15) is 47.9 Å². The van der Waals surface area contributed by atoms with Gasteiger partial charge in [-0.3, -0.25) is 4.79 Å². The van der Waals surface area contributed by atoms with E-state index in [9.17, 15) is 4.79 Å². The van der Waals surface area contributed by atoms with Gasteiger partial charge in [0.2, 0.25) is 0 Å². The Morgan fingerprint density at radius 1 is 1.10 bits per heavy atom. The molecule has 1 N–H and O–H groups in total. The number of aryl methyl sites for hydroxylation is 1. The lowest BCUT2D eigenvalue weighted by molar-refractivity contribution is -0.136. The fourth-order valence-electron chi connectivity index (χ4n) is 3.97. The largest absolute Gasteiger partial charge is 0.489 e. The van der Waals surface area contributed by atoms with Crippen LogP contribution in [0.3, 0.4) is 0 Å². The molecule has 29 heavy (non-hydrogen) atoms. The third-order valence-electron chi connectivity index (χ3n) is 5.90. The third kappa shape index (κ3) is 5.00. The number of rotatable bonds is 8. The minimum Gasteiger partial charge on any atom is -0.489 e. The van der Waals surface area contributed by atoms with E-state index in [0.717, 1.165) is 35.3 Å². The number of hydrogen-bond donors (Lipinski definition) is 1. The Labute approximate surface area is 173 Å². The van der Waals surface area contributed by atoms with E-state index in [0.29, 0.717) is 13.0 Å². The molecule has 3 rings (SSSR count). The Kier molecular flexibility index (Phi) is 6.63. The van der Waals surface area contributed by atoms with Crippen LogP contribution in [0, 0.1) is 13.8 Å². The number of carboxylic acids is 1. The van der Waals surface area contributed by atoms with Gasteiger partial charge in [0.25, 0.3) is 0 Å². The van der Waals surface area contributed by atoms with Gasteiger partial charge in [0, 0.05) is 26.2 Å². The number of nitrogens with zero attached hydrogens (tertiary/aromatic N) is 1. The summed E-state index contributed by atoms with van der Waals surface area (Å²) in [7, 11) is 4.13. The minimum atomic E-state index is -0.763. The molecule has 1 aliphatic carbocycles. The van der Waals surface area contributed by atoms with Crippen molar-refractivity contribution in [1.82, 2.24) is 0 Å². The van der Waals surface area contributed by atoms with Crippen molar-refractivity contribution in [3.63, 3.8) is 0 Å². The average Bonchev–Trinajstić information content (AvgIpc) is 3.17. The third-order valence-corrected chi connectivity index (χ3v) is 5.90. The first-order valence-corrected chi connectivity index (χ1v) is 10.3. The van der Waals surface area contributed by atoms with E-state index in [4.69, 9.17) is 9.84 Å². The van der Waals surface area contributed by atoms with Crippen LogP contribution in [0.15, 0.2) is 42.0 Å². The Morgan fingerprint density at radius 3 is 2.62 bits per heavy atom.